The predicted molar refractivity (Wildman–Crippen MR) is 60.8 cm³/mol. The number of hydrogen-bond acceptors (Lipinski definition) is 4. The van der Waals surface area contributed by atoms with Gasteiger partial charge in [-0.25, -0.2) is 0 Å². The van der Waals surface area contributed by atoms with Crippen LogP contribution in [0.1, 0.15) is 19.8 Å². The van der Waals surface area contributed by atoms with Gasteiger partial charge in [-0.1, -0.05) is 0 Å². The standard InChI is InChI=1S/C9H18N4O4/c1-5(7(14)15)13-6(8(16)17)3-2-4-12-9(10)11/h5-6,13H,2-4H2,1H3,(H,14,15)(H,16,17)(H4,10,11,12)/t5-,6+/m1/s1. The van der Waals surface area contributed by atoms with Crippen molar-refractivity contribution in [1.82, 2.24) is 10.6 Å². The zero-order chi connectivity index (χ0) is 13.4. The second-order valence-corrected chi connectivity index (χ2v) is 3.60. The van der Waals surface area contributed by atoms with Gasteiger partial charge in [0.25, 0.3) is 0 Å². The topological polar surface area (TPSA) is 149 Å². The highest BCUT2D eigenvalue weighted by Crippen LogP contribution is 1.99. The van der Waals surface area contributed by atoms with Gasteiger partial charge in [-0.15, -0.1) is 0 Å². The van der Waals surface area contributed by atoms with E-state index in [9.17, 15) is 9.59 Å². The third kappa shape index (κ3) is 7.12. The summed E-state index contributed by atoms with van der Waals surface area (Å²) in [6, 6.07) is -1.84. The summed E-state index contributed by atoms with van der Waals surface area (Å²) in [7, 11) is 0. The molecule has 17 heavy (non-hydrogen) atoms. The quantitative estimate of drug-likeness (QED) is 0.178. The van der Waals surface area contributed by atoms with Crippen molar-refractivity contribution in [1.29, 1.82) is 5.41 Å². The summed E-state index contributed by atoms with van der Waals surface area (Å²) in [4.78, 5) is 21.4. The van der Waals surface area contributed by atoms with Crippen LogP contribution in [0.25, 0.3) is 0 Å². The third-order valence-corrected chi connectivity index (χ3v) is 2.10. The van der Waals surface area contributed by atoms with Crippen LogP contribution in [-0.2, 0) is 9.59 Å². The summed E-state index contributed by atoms with van der Waals surface area (Å²) >= 11 is 0. The lowest BCUT2D eigenvalue weighted by Gasteiger charge is -2.17. The van der Waals surface area contributed by atoms with Crippen molar-refractivity contribution in [2.45, 2.75) is 31.8 Å². The summed E-state index contributed by atoms with van der Waals surface area (Å²) in [6.45, 7) is 1.76. The van der Waals surface area contributed by atoms with Crippen LogP contribution in [0.2, 0.25) is 0 Å². The molecule has 0 aromatic rings. The number of guanidine groups is 1. The van der Waals surface area contributed by atoms with Crippen molar-refractivity contribution < 1.29 is 19.8 Å². The zero-order valence-electron chi connectivity index (χ0n) is 9.56. The minimum absolute atomic E-state index is 0.177. The third-order valence-electron chi connectivity index (χ3n) is 2.10. The number of rotatable bonds is 8. The van der Waals surface area contributed by atoms with Gasteiger partial charge in [0, 0.05) is 6.54 Å². The Labute approximate surface area is 98.7 Å². The van der Waals surface area contributed by atoms with Crippen molar-refractivity contribution >= 4 is 17.9 Å². The molecule has 0 aliphatic carbocycles. The fourth-order valence-electron chi connectivity index (χ4n) is 1.18. The fraction of sp³-hybridized carbons (Fsp3) is 0.667. The van der Waals surface area contributed by atoms with Crippen LogP contribution in [0.4, 0.5) is 0 Å². The number of nitrogens with one attached hydrogen (secondary N) is 3. The first-order chi connectivity index (χ1) is 7.84. The van der Waals surface area contributed by atoms with Gasteiger partial charge in [-0.05, 0) is 19.8 Å². The highest BCUT2D eigenvalue weighted by molar-refractivity contribution is 5.77. The van der Waals surface area contributed by atoms with E-state index in [2.05, 4.69) is 10.6 Å². The molecule has 98 valence electrons. The number of nitrogens with two attached hydrogens (primary N) is 1. The number of carboxylic acid groups (broad SMARTS) is 2. The lowest BCUT2D eigenvalue weighted by molar-refractivity contribution is -0.142. The van der Waals surface area contributed by atoms with Gasteiger partial charge in [0.05, 0.1) is 0 Å². The molecule has 0 radical (unpaired) electrons. The van der Waals surface area contributed by atoms with E-state index in [0.29, 0.717) is 13.0 Å². The molecule has 0 aromatic carbocycles. The Kier molecular flexibility index (Phi) is 6.64. The first kappa shape index (κ1) is 15.2. The summed E-state index contributed by atoms with van der Waals surface area (Å²) in [6.07, 6.45) is 0.725. The van der Waals surface area contributed by atoms with Crippen LogP contribution >= 0.6 is 0 Å². The number of hydrogen-bond donors (Lipinski definition) is 6. The maximum Gasteiger partial charge on any atom is 0.320 e. The molecule has 8 nitrogen and oxygen atoms in total. The van der Waals surface area contributed by atoms with E-state index >= 15 is 0 Å². The number of carbonyl (C=O) groups is 2. The highest BCUT2D eigenvalue weighted by atomic mass is 16.4. The summed E-state index contributed by atoms with van der Waals surface area (Å²) in [5, 5.41) is 29.4. The van der Waals surface area contributed by atoms with E-state index in [0.717, 1.165) is 0 Å². The zero-order valence-corrected chi connectivity index (χ0v) is 9.56. The van der Waals surface area contributed by atoms with Crippen molar-refractivity contribution in [2.24, 2.45) is 5.73 Å². The van der Waals surface area contributed by atoms with Crippen LogP contribution in [0, 0.1) is 5.41 Å². The molecular weight excluding hydrogens is 228 g/mol. The largest absolute Gasteiger partial charge is 0.480 e. The van der Waals surface area contributed by atoms with Crippen LogP contribution in [0.3, 0.4) is 0 Å². The van der Waals surface area contributed by atoms with E-state index in [-0.39, 0.29) is 12.4 Å². The van der Waals surface area contributed by atoms with Gasteiger partial charge in [0.1, 0.15) is 12.1 Å². The number of aliphatic carboxylic acids is 2. The molecule has 7 N–H and O–H groups in total. The molecule has 0 fully saturated rings. The summed E-state index contributed by atoms with van der Waals surface area (Å²) in [5.74, 6) is -2.37. The van der Waals surface area contributed by atoms with Gasteiger partial charge in [0.15, 0.2) is 5.96 Å². The Bertz CT molecular complexity index is 295. The van der Waals surface area contributed by atoms with Gasteiger partial charge in [0.2, 0.25) is 0 Å². The average Bonchev–Trinajstić information content (AvgIpc) is 2.21. The molecule has 0 saturated heterocycles. The first-order valence-corrected chi connectivity index (χ1v) is 5.14. The summed E-state index contributed by atoms with van der Waals surface area (Å²) in [5.41, 5.74) is 5.05. The molecule has 2 atom stereocenters. The van der Waals surface area contributed by atoms with Crippen LogP contribution < -0.4 is 16.4 Å². The Morgan fingerprint density at radius 2 is 1.94 bits per heavy atom. The second kappa shape index (κ2) is 7.44. The molecular formula is C9H18N4O4. The van der Waals surface area contributed by atoms with Crippen molar-refractivity contribution in [3.8, 4) is 0 Å². The minimum Gasteiger partial charge on any atom is -0.480 e. The molecule has 0 bridgehead atoms. The molecule has 0 rings (SSSR count). The molecule has 0 saturated carbocycles. The van der Waals surface area contributed by atoms with Gasteiger partial charge >= 0.3 is 11.9 Å². The lowest BCUT2D eigenvalue weighted by atomic mass is 10.1. The van der Waals surface area contributed by atoms with E-state index < -0.39 is 24.0 Å². The van der Waals surface area contributed by atoms with E-state index in [1.807, 2.05) is 0 Å². The van der Waals surface area contributed by atoms with E-state index in [4.69, 9.17) is 21.4 Å². The highest BCUT2D eigenvalue weighted by Gasteiger charge is 2.22. The van der Waals surface area contributed by atoms with Crippen LogP contribution in [0.15, 0.2) is 0 Å². The second-order valence-electron chi connectivity index (χ2n) is 3.60. The van der Waals surface area contributed by atoms with E-state index in [1.165, 1.54) is 6.92 Å². The number of carboxylic acids is 2. The van der Waals surface area contributed by atoms with Crippen LogP contribution in [-0.4, -0.2) is 46.7 Å². The predicted octanol–water partition coefficient (Wildman–Crippen LogP) is -1.23. The summed E-state index contributed by atoms with van der Waals surface area (Å²) < 4.78 is 0. The molecule has 0 aliphatic rings. The molecule has 0 amide bonds. The average molecular weight is 246 g/mol. The molecule has 0 aromatic heterocycles. The molecule has 8 heteroatoms. The Balaban J connectivity index is 4.03. The van der Waals surface area contributed by atoms with E-state index in [1.54, 1.807) is 0 Å². The maximum absolute atomic E-state index is 10.8. The molecule has 0 heterocycles. The first-order valence-electron chi connectivity index (χ1n) is 5.14. The van der Waals surface area contributed by atoms with Crippen LogP contribution in [0.5, 0.6) is 0 Å². The Hall–Kier alpha value is -1.83. The molecule has 0 unspecified atom stereocenters. The Morgan fingerprint density at radius 1 is 1.35 bits per heavy atom. The van der Waals surface area contributed by atoms with Crippen molar-refractivity contribution in [3.63, 3.8) is 0 Å². The van der Waals surface area contributed by atoms with Crippen molar-refractivity contribution in [2.75, 3.05) is 6.54 Å². The smallest absolute Gasteiger partial charge is 0.320 e. The lowest BCUT2D eigenvalue weighted by Crippen LogP contribution is -2.46. The molecule has 0 aliphatic heterocycles. The SMILES string of the molecule is C[C@@H](N[C@@H](CCCNC(=N)N)C(=O)O)C(=O)O. The monoisotopic (exact) mass is 246 g/mol. The van der Waals surface area contributed by atoms with Gasteiger partial charge < -0.3 is 21.3 Å². The van der Waals surface area contributed by atoms with Crippen molar-refractivity contribution in [3.05, 3.63) is 0 Å². The Morgan fingerprint density at radius 3 is 2.35 bits per heavy atom. The van der Waals surface area contributed by atoms with Gasteiger partial charge in [-0.2, -0.15) is 0 Å². The fourth-order valence-corrected chi connectivity index (χ4v) is 1.18. The molecule has 0 spiro atoms. The van der Waals surface area contributed by atoms with Gasteiger partial charge in [-0.3, -0.25) is 20.3 Å². The normalized spacial score (nSPS) is 13.7. The maximum atomic E-state index is 10.8. The minimum atomic E-state index is -1.10.